The Balaban J connectivity index is 1.70. The minimum Gasteiger partial charge on any atom is -0.393 e. The van der Waals surface area contributed by atoms with Gasteiger partial charge in [0.2, 0.25) is 0 Å². The zero-order valence-corrected chi connectivity index (χ0v) is 15.3. The van der Waals surface area contributed by atoms with Gasteiger partial charge in [0.25, 0.3) is 0 Å². The number of carbonyl (C=O) groups is 1. The minimum absolute atomic E-state index is 0.000487. The first kappa shape index (κ1) is 16.8. The summed E-state index contributed by atoms with van der Waals surface area (Å²) in [6.45, 7) is 6.65. The van der Waals surface area contributed by atoms with Crippen LogP contribution in [0.1, 0.15) is 65.7 Å². The van der Waals surface area contributed by atoms with Gasteiger partial charge in [0, 0.05) is 6.42 Å². The molecule has 0 radical (unpaired) electrons. The molecule has 4 aliphatic rings. The van der Waals surface area contributed by atoms with E-state index < -0.39 is 6.10 Å². The molecule has 8 atom stereocenters. The van der Waals surface area contributed by atoms with Gasteiger partial charge in [-0.15, -0.1) is 0 Å². The lowest BCUT2D eigenvalue weighted by atomic mass is 9.46. The average molecular weight is 332 g/mol. The van der Waals surface area contributed by atoms with Gasteiger partial charge in [0.1, 0.15) is 0 Å². The molecule has 3 saturated carbocycles. The Hall–Kier alpha value is -0.670. The minimum atomic E-state index is -0.451. The monoisotopic (exact) mass is 332 g/mol. The predicted octanol–water partition coefficient (Wildman–Crippen LogP) is 3.49. The number of rotatable bonds is 1. The van der Waals surface area contributed by atoms with Crippen molar-refractivity contribution in [2.24, 2.45) is 34.5 Å². The van der Waals surface area contributed by atoms with E-state index in [0.717, 1.165) is 24.8 Å². The highest BCUT2D eigenvalue weighted by Crippen LogP contribution is 2.66. The van der Waals surface area contributed by atoms with E-state index in [4.69, 9.17) is 0 Å². The normalized spacial score (nSPS) is 52.1. The van der Waals surface area contributed by atoms with Crippen molar-refractivity contribution in [3.63, 3.8) is 0 Å². The Morgan fingerprint density at radius 2 is 1.92 bits per heavy atom. The van der Waals surface area contributed by atoms with E-state index in [1.807, 2.05) is 6.92 Å². The Bertz CT molecular complexity index is 580. The van der Waals surface area contributed by atoms with Crippen molar-refractivity contribution in [3.8, 4) is 0 Å². The van der Waals surface area contributed by atoms with E-state index in [2.05, 4.69) is 13.8 Å². The van der Waals surface area contributed by atoms with Crippen molar-refractivity contribution in [1.82, 2.24) is 0 Å². The highest BCUT2D eigenvalue weighted by molar-refractivity contribution is 5.91. The molecule has 0 spiro atoms. The van der Waals surface area contributed by atoms with Crippen LogP contribution >= 0.6 is 0 Å². The number of fused-ring (bicyclic) bond motifs is 5. The zero-order chi connectivity index (χ0) is 17.3. The summed E-state index contributed by atoms with van der Waals surface area (Å²) >= 11 is 0. The summed E-state index contributed by atoms with van der Waals surface area (Å²) in [5.41, 5.74) is 1.24. The third-order valence-corrected chi connectivity index (χ3v) is 8.63. The van der Waals surface area contributed by atoms with Crippen LogP contribution in [-0.4, -0.2) is 28.2 Å². The van der Waals surface area contributed by atoms with Crippen LogP contribution in [0.4, 0.5) is 0 Å². The molecule has 0 amide bonds. The third-order valence-electron chi connectivity index (χ3n) is 8.63. The van der Waals surface area contributed by atoms with Gasteiger partial charge in [-0.2, -0.15) is 0 Å². The Labute approximate surface area is 145 Å². The van der Waals surface area contributed by atoms with Gasteiger partial charge in [0.05, 0.1) is 12.2 Å². The molecule has 0 aromatic rings. The molecule has 0 bridgehead atoms. The fourth-order valence-electron chi connectivity index (χ4n) is 7.44. The molecule has 3 fully saturated rings. The van der Waals surface area contributed by atoms with Crippen LogP contribution in [0.25, 0.3) is 0 Å². The summed E-state index contributed by atoms with van der Waals surface area (Å²) in [6.07, 6.45) is 8.10. The first-order valence-corrected chi connectivity index (χ1v) is 9.88. The number of ketones is 1. The summed E-state index contributed by atoms with van der Waals surface area (Å²) < 4.78 is 0. The smallest absolute Gasteiger partial charge is 0.155 e. The summed E-state index contributed by atoms with van der Waals surface area (Å²) in [5, 5.41) is 21.1. The molecule has 24 heavy (non-hydrogen) atoms. The van der Waals surface area contributed by atoms with Crippen molar-refractivity contribution < 1.29 is 15.0 Å². The maximum atomic E-state index is 11.9. The lowest BCUT2D eigenvalue weighted by Crippen LogP contribution is -2.54. The molecular formula is C21H32O3. The number of carbonyl (C=O) groups excluding carboxylic acids is 1. The van der Waals surface area contributed by atoms with Crippen LogP contribution in [0.3, 0.4) is 0 Å². The van der Waals surface area contributed by atoms with Crippen LogP contribution in [0.5, 0.6) is 0 Å². The maximum absolute atomic E-state index is 11.9. The second-order valence-electron chi connectivity index (χ2n) is 9.58. The SMILES string of the molecule is CC(O)[C@H]1CC[C@H]2[C@@H]3CC(O)C4=CC(=O)CC[C@]4(C)[C@H]3CC[C@]12C. The molecule has 0 aliphatic heterocycles. The van der Waals surface area contributed by atoms with E-state index in [0.29, 0.717) is 30.1 Å². The fraction of sp³-hybridized carbons (Fsp3) is 0.857. The fourth-order valence-corrected chi connectivity index (χ4v) is 7.44. The number of hydrogen-bond acceptors (Lipinski definition) is 3. The van der Waals surface area contributed by atoms with Crippen molar-refractivity contribution >= 4 is 5.78 Å². The molecule has 0 heterocycles. The Kier molecular flexibility index (Phi) is 3.78. The molecule has 2 N–H and O–H groups in total. The Morgan fingerprint density at radius 3 is 2.62 bits per heavy atom. The molecule has 134 valence electrons. The summed E-state index contributed by atoms with van der Waals surface area (Å²) in [7, 11) is 0. The van der Waals surface area contributed by atoms with Crippen molar-refractivity contribution in [3.05, 3.63) is 11.6 Å². The first-order valence-electron chi connectivity index (χ1n) is 9.88. The molecule has 2 unspecified atom stereocenters. The van der Waals surface area contributed by atoms with E-state index in [-0.39, 0.29) is 22.7 Å². The molecule has 0 aromatic heterocycles. The average Bonchev–Trinajstić information content (AvgIpc) is 2.87. The van der Waals surface area contributed by atoms with Crippen molar-refractivity contribution in [2.75, 3.05) is 0 Å². The van der Waals surface area contributed by atoms with Crippen LogP contribution in [0, 0.1) is 34.5 Å². The summed E-state index contributed by atoms with van der Waals surface area (Å²) in [5.74, 6) is 2.33. The molecule has 3 nitrogen and oxygen atoms in total. The summed E-state index contributed by atoms with van der Waals surface area (Å²) in [4.78, 5) is 11.9. The van der Waals surface area contributed by atoms with Crippen LogP contribution in [-0.2, 0) is 4.79 Å². The second kappa shape index (κ2) is 5.41. The highest BCUT2D eigenvalue weighted by atomic mass is 16.3. The zero-order valence-electron chi connectivity index (χ0n) is 15.3. The lowest BCUT2D eigenvalue weighted by Gasteiger charge is -2.59. The number of aliphatic hydroxyl groups excluding tert-OH is 2. The molecule has 4 rings (SSSR count). The first-order chi connectivity index (χ1) is 11.3. The quantitative estimate of drug-likeness (QED) is 0.773. The Morgan fingerprint density at radius 1 is 1.17 bits per heavy atom. The third kappa shape index (κ3) is 2.13. The van der Waals surface area contributed by atoms with E-state index in [9.17, 15) is 15.0 Å². The number of aliphatic hydroxyl groups is 2. The van der Waals surface area contributed by atoms with Crippen molar-refractivity contribution in [2.45, 2.75) is 77.9 Å². The topological polar surface area (TPSA) is 57.5 Å². The summed E-state index contributed by atoms with van der Waals surface area (Å²) in [6, 6.07) is 0. The standard InChI is InChI=1S/C21H32O3/c1-12(22)15-4-5-16-14-11-19(24)18-10-13(23)6-8-21(18,3)17(14)7-9-20(15,16)2/h10,12,14-17,19,22,24H,4-9,11H2,1-3H3/t12?,14-,15+,16-,17-,19?,20+,21+/m0/s1. The van der Waals surface area contributed by atoms with Gasteiger partial charge in [-0.25, -0.2) is 0 Å². The van der Waals surface area contributed by atoms with E-state index in [1.165, 1.54) is 19.3 Å². The van der Waals surface area contributed by atoms with E-state index >= 15 is 0 Å². The van der Waals surface area contributed by atoms with E-state index in [1.54, 1.807) is 6.08 Å². The van der Waals surface area contributed by atoms with Gasteiger partial charge < -0.3 is 10.2 Å². The number of hydrogen-bond donors (Lipinski definition) is 2. The van der Waals surface area contributed by atoms with Gasteiger partial charge in [-0.05, 0) is 91.6 Å². The van der Waals surface area contributed by atoms with Gasteiger partial charge in [0.15, 0.2) is 5.78 Å². The second-order valence-corrected chi connectivity index (χ2v) is 9.58. The predicted molar refractivity (Wildman–Crippen MR) is 93.3 cm³/mol. The van der Waals surface area contributed by atoms with Gasteiger partial charge >= 0.3 is 0 Å². The highest BCUT2D eigenvalue weighted by Gasteiger charge is 2.60. The lowest BCUT2D eigenvalue weighted by molar-refractivity contribution is -0.120. The molecule has 3 heteroatoms. The maximum Gasteiger partial charge on any atom is 0.155 e. The molecular weight excluding hydrogens is 300 g/mol. The molecule has 4 aliphatic carbocycles. The van der Waals surface area contributed by atoms with Crippen LogP contribution in [0.15, 0.2) is 11.6 Å². The van der Waals surface area contributed by atoms with Crippen molar-refractivity contribution in [1.29, 1.82) is 0 Å². The van der Waals surface area contributed by atoms with Gasteiger partial charge in [-0.1, -0.05) is 13.8 Å². The van der Waals surface area contributed by atoms with Crippen LogP contribution < -0.4 is 0 Å². The van der Waals surface area contributed by atoms with Gasteiger partial charge in [-0.3, -0.25) is 4.79 Å². The largest absolute Gasteiger partial charge is 0.393 e. The molecule has 0 saturated heterocycles. The van der Waals surface area contributed by atoms with Crippen LogP contribution in [0.2, 0.25) is 0 Å². The molecule has 0 aromatic carbocycles.